The van der Waals surface area contributed by atoms with E-state index < -0.39 is 0 Å². The van der Waals surface area contributed by atoms with Gasteiger partial charge in [-0.3, -0.25) is 0 Å². The maximum Gasteiger partial charge on any atom is 0.249 e. The molecule has 0 bridgehead atoms. The summed E-state index contributed by atoms with van der Waals surface area (Å²) in [6.45, 7) is 4.48. The quantitative estimate of drug-likeness (QED) is 0.578. The molecule has 3 rings (SSSR count). The molecule has 0 saturated heterocycles. The second kappa shape index (κ2) is 7.42. The summed E-state index contributed by atoms with van der Waals surface area (Å²) in [7, 11) is 0. The predicted octanol–water partition coefficient (Wildman–Crippen LogP) is 5.60. The largest absolute Gasteiger partial charge is 0.419 e. The predicted molar refractivity (Wildman–Crippen MR) is 97.5 cm³/mol. The Morgan fingerprint density at radius 3 is 2.44 bits per heavy atom. The number of hydrogen-bond donors (Lipinski definition) is 0. The number of anilines is 1. The first-order valence-electron chi connectivity index (χ1n) is 7.74. The molecule has 0 N–H and O–H groups in total. The van der Waals surface area contributed by atoms with Gasteiger partial charge in [-0.1, -0.05) is 23.2 Å². The van der Waals surface area contributed by atoms with Gasteiger partial charge in [0.2, 0.25) is 11.8 Å². The van der Waals surface area contributed by atoms with E-state index in [2.05, 4.69) is 10.2 Å². The average molecular weight is 380 g/mol. The van der Waals surface area contributed by atoms with E-state index in [-0.39, 0.29) is 11.9 Å². The molecule has 7 heteroatoms. The molecule has 3 aromatic rings. The van der Waals surface area contributed by atoms with E-state index in [1.165, 1.54) is 12.1 Å². The maximum absolute atomic E-state index is 13.2. The van der Waals surface area contributed by atoms with Gasteiger partial charge in [0.1, 0.15) is 5.82 Å². The summed E-state index contributed by atoms with van der Waals surface area (Å²) in [6, 6.07) is 11.6. The molecular formula is C18H16Cl2FN3O. The molecule has 25 heavy (non-hydrogen) atoms. The molecule has 0 aliphatic carbocycles. The van der Waals surface area contributed by atoms with Crippen LogP contribution in [0.2, 0.25) is 10.0 Å². The summed E-state index contributed by atoms with van der Waals surface area (Å²) in [5.74, 6) is 0.503. The molecule has 0 amide bonds. The van der Waals surface area contributed by atoms with Gasteiger partial charge >= 0.3 is 0 Å². The number of benzene rings is 2. The molecule has 0 unspecified atom stereocenters. The van der Waals surface area contributed by atoms with Crippen molar-refractivity contribution in [2.75, 3.05) is 4.90 Å². The summed E-state index contributed by atoms with van der Waals surface area (Å²) in [6.07, 6.45) is 0. The molecule has 0 fully saturated rings. The summed E-state index contributed by atoms with van der Waals surface area (Å²) >= 11 is 12.1. The molecule has 1 heterocycles. The number of hydrogen-bond acceptors (Lipinski definition) is 4. The minimum atomic E-state index is -0.273. The molecule has 1 aromatic heterocycles. The third-order valence-electron chi connectivity index (χ3n) is 3.72. The Morgan fingerprint density at radius 2 is 1.80 bits per heavy atom. The van der Waals surface area contributed by atoms with E-state index in [1.54, 1.807) is 30.3 Å². The van der Waals surface area contributed by atoms with Crippen molar-refractivity contribution < 1.29 is 8.81 Å². The van der Waals surface area contributed by atoms with E-state index in [0.717, 1.165) is 5.69 Å². The Hall–Kier alpha value is -2.11. The molecule has 2 aromatic carbocycles. The lowest BCUT2D eigenvalue weighted by Gasteiger charge is -2.27. The van der Waals surface area contributed by atoms with E-state index in [1.807, 2.05) is 18.7 Å². The highest BCUT2D eigenvalue weighted by molar-refractivity contribution is 6.36. The monoisotopic (exact) mass is 379 g/mol. The molecule has 0 saturated carbocycles. The minimum Gasteiger partial charge on any atom is -0.419 e. The topological polar surface area (TPSA) is 42.2 Å². The first kappa shape index (κ1) is 17.7. The van der Waals surface area contributed by atoms with Crippen LogP contribution in [-0.2, 0) is 6.54 Å². The fraction of sp³-hybridized carbons (Fsp3) is 0.222. The smallest absolute Gasteiger partial charge is 0.249 e. The standard InChI is InChI=1S/C18H16Cl2FN3O/c1-11(2)24(14-6-4-13(21)5-7-14)10-17-22-23-18(25-17)15-8-3-12(19)9-16(15)20/h3-9,11H,10H2,1-2H3. The van der Waals surface area contributed by atoms with Crippen molar-refractivity contribution in [1.29, 1.82) is 0 Å². The van der Waals surface area contributed by atoms with E-state index in [9.17, 15) is 4.39 Å². The maximum atomic E-state index is 13.2. The highest BCUT2D eigenvalue weighted by Gasteiger charge is 2.17. The van der Waals surface area contributed by atoms with Gasteiger partial charge in [0.05, 0.1) is 17.1 Å². The van der Waals surface area contributed by atoms with Crippen LogP contribution in [0.25, 0.3) is 11.5 Å². The first-order valence-corrected chi connectivity index (χ1v) is 8.49. The Balaban J connectivity index is 1.84. The molecular weight excluding hydrogens is 364 g/mol. The van der Waals surface area contributed by atoms with Gasteiger partial charge in [0.15, 0.2) is 0 Å². The molecule has 130 valence electrons. The van der Waals surface area contributed by atoms with Crippen LogP contribution in [-0.4, -0.2) is 16.2 Å². The lowest BCUT2D eigenvalue weighted by Crippen LogP contribution is -2.30. The number of halogens is 3. The van der Waals surface area contributed by atoms with Crippen LogP contribution in [0.1, 0.15) is 19.7 Å². The molecule has 0 aliphatic heterocycles. The highest BCUT2D eigenvalue weighted by atomic mass is 35.5. The van der Waals surface area contributed by atoms with Crippen LogP contribution in [0, 0.1) is 5.82 Å². The normalized spacial score (nSPS) is 11.1. The number of rotatable bonds is 5. The van der Waals surface area contributed by atoms with Crippen LogP contribution in [0.3, 0.4) is 0 Å². The second-order valence-corrected chi connectivity index (χ2v) is 6.67. The number of nitrogens with zero attached hydrogens (tertiary/aromatic N) is 3. The van der Waals surface area contributed by atoms with Crippen LogP contribution in [0.15, 0.2) is 46.9 Å². The Labute approximate surface area is 155 Å². The molecule has 0 radical (unpaired) electrons. The Morgan fingerprint density at radius 1 is 1.08 bits per heavy atom. The fourth-order valence-electron chi connectivity index (χ4n) is 2.44. The van der Waals surface area contributed by atoms with Gasteiger partial charge in [0, 0.05) is 16.8 Å². The zero-order chi connectivity index (χ0) is 18.0. The van der Waals surface area contributed by atoms with Crippen molar-refractivity contribution in [1.82, 2.24) is 10.2 Å². The summed E-state index contributed by atoms with van der Waals surface area (Å²) < 4.78 is 18.9. The highest BCUT2D eigenvalue weighted by Crippen LogP contribution is 2.30. The van der Waals surface area contributed by atoms with Crippen molar-refractivity contribution in [2.45, 2.75) is 26.4 Å². The lowest BCUT2D eigenvalue weighted by molar-refractivity contribution is 0.488. The molecule has 4 nitrogen and oxygen atoms in total. The van der Waals surface area contributed by atoms with Crippen LogP contribution in [0.5, 0.6) is 0 Å². The number of aromatic nitrogens is 2. The average Bonchev–Trinajstić information content (AvgIpc) is 3.02. The van der Waals surface area contributed by atoms with E-state index in [0.29, 0.717) is 33.9 Å². The zero-order valence-corrected chi connectivity index (χ0v) is 15.2. The van der Waals surface area contributed by atoms with E-state index >= 15 is 0 Å². The van der Waals surface area contributed by atoms with Gasteiger partial charge in [-0.15, -0.1) is 10.2 Å². The van der Waals surface area contributed by atoms with Crippen LogP contribution < -0.4 is 4.90 Å². The van der Waals surface area contributed by atoms with Gasteiger partial charge < -0.3 is 9.32 Å². The fourth-order valence-corrected chi connectivity index (χ4v) is 2.93. The van der Waals surface area contributed by atoms with Crippen LogP contribution in [0.4, 0.5) is 10.1 Å². The lowest BCUT2D eigenvalue weighted by atomic mass is 10.2. The van der Waals surface area contributed by atoms with Crippen LogP contribution >= 0.6 is 23.2 Å². The van der Waals surface area contributed by atoms with Gasteiger partial charge in [-0.2, -0.15) is 0 Å². The summed E-state index contributed by atoms with van der Waals surface area (Å²) in [4.78, 5) is 2.04. The van der Waals surface area contributed by atoms with Crippen molar-refractivity contribution in [3.05, 3.63) is 64.2 Å². The molecule has 0 spiro atoms. The molecule has 0 atom stereocenters. The second-order valence-electron chi connectivity index (χ2n) is 5.82. The van der Waals surface area contributed by atoms with Gasteiger partial charge in [-0.25, -0.2) is 4.39 Å². The summed E-state index contributed by atoms with van der Waals surface area (Å²) in [5.41, 5.74) is 1.50. The SMILES string of the molecule is CC(C)N(Cc1nnc(-c2ccc(Cl)cc2Cl)o1)c1ccc(F)cc1. The van der Waals surface area contributed by atoms with Crippen molar-refractivity contribution in [2.24, 2.45) is 0 Å². The Bertz CT molecular complexity index is 865. The third-order valence-corrected chi connectivity index (χ3v) is 4.26. The molecule has 0 aliphatic rings. The van der Waals surface area contributed by atoms with Gasteiger partial charge in [0.25, 0.3) is 0 Å². The van der Waals surface area contributed by atoms with Crippen molar-refractivity contribution in [3.8, 4) is 11.5 Å². The zero-order valence-electron chi connectivity index (χ0n) is 13.7. The van der Waals surface area contributed by atoms with Crippen molar-refractivity contribution >= 4 is 28.9 Å². The first-order chi connectivity index (χ1) is 11.9. The van der Waals surface area contributed by atoms with E-state index in [4.69, 9.17) is 27.6 Å². The Kier molecular flexibility index (Phi) is 5.25. The summed E-state index contributed by atoms with van der Waals surface area (Å²) in [5, 5.41) is 9.15. The minimum absolute atomic E-state index is 0.167. The van der Waals surface area contributed by atoms with Crippen molar-refractivity contribution in [3.63, 3.8) is 0 Å². The van der Waals surface area contributed by atoms with Gasteiger partial charge in [-0.05, 0) is 56.3 Å². The third kappa shape index (κ3) is 4.11.